The van der Waals surface area contributed by atoms with E-state index in [1.165, 1.54) is 6.21 Å². The highest BCUT2D eigenvalue weighted by molar-refractivity contribution is 6.21. The van der Waals surface area contributed by atoms with E-state index in [9.17, 15) is 9.59 Å². The highest BCUT2D eigenvalue weighted by atomic mass is 16.2. The van der Waals surface area contributed by atoms with Crippen LogP contribution in [-0.4, -0.2) is 37.1 Å². The summed E-state index contributed by atoms with van der Waals surface area (Å²) in [5.41, 5.74) is 2.68. The molecule has 22 heavy (non-hydrogen) atoms. The summed E-state index contributed by atoms with van der Waals surface area (Å²) in [6, 6.07) is 14.4. The summed E-state index contributed by atoms with van der Waals surface area (Å²) in [5.74, 6) is -0.775. The zero-order chi connectivity index (χ0) is 15.7. The van der Waals surface area contributed by atoms with E-state index in [0.717, 1.165) is 16.3 Å². The number of nitrogens with zero attached hydrogens (tertiary/aromatic N) is 3. The zero-order valence-electron chi connectivity index (χ0n) is 12.4. The second kappa shape index (κ2) is 5.44. The van der Waals surface area contributed by atoms with Gasteiger partial charge in [-0.25, -0.2) is 0 Å². The Bertz CT molecular complexity index is 729. The minimum Gasteiger partial charge on any atom is -0.378 e. The number of hydrazone groups is 1. The summed E-state index contributed by atoms with van der Waals surface area (Å²) in [5, 5.41) is 4.95. The van der Waals surface area contributed by atoms with Crippen LogP contribution in [0.15, 0.2) is 53.6 Å². The molecule has 0 fully saturated rings. The number of amides is 2. The first-order valence-electron chi connectivity index (χ1n) is 6.87. The molecule has 0 bridgehead atoms. The molecule has 0 saturated heterocycles. The highest BCUT2D eigenvalue weighted by Crippen LogP contribution is 2.22. The molecule has 1 heterocycles. The van der Waals surface area contributed by atoms with Crippen molar-refractivity contribution in [2.24, 2.45) is 5.10 Å². The number of benzene rings is 2. The average Bonchev–Trinajstić information content (AvgIpc) is 2.78. The first-order valence-corrected chi connectivity index (χ1v) is 6.87. The molecule has 110 valence electrons. The van der Waals surface area contributed by atoms with E-state index in [2.05, 4.69) is 5.10 Å². The summed E-state index contributed by atoms with van der Waals surface area (Å²) < 4.78 is 0. The summed E-state index contributed by atoms with van der Waals surface area (Å²) in [4.78, 5) is 26.3. The topological polar surface area (TPSA) is 53.0 Å². The standard InChI is InChI=1S/C17H15N3O2/c1-19(2)13-9-7-12(8-10-13)11-18-20-16(21)14-5-3-4-6-15(14)17(20)22/h3-11H,1-2H3/b18-11-. The Labute approximate surface area is 128 Å². The quantitative estimate of drug-likeness (QED) is 0.645. The lowest BCUT2D eigenvalue weighted by molar-refractivity contribution is 0.0660. The molecule has 1 aliphatic rings. The molecule has 0 N–H and O–H groups in total. The second-order valence-electron chi connectivity index (χ2n) is 5.20. The SMILES string of the molecule is CN(C)c1ccc(/C=N\N2C(=O)c3ccccc3C2=O)cc1. The fourth-order valence-corrected chi connectivity index (χ4v) is 2.26. The Morgan fingerprint density at radius 2 is 1.45 bits per heavy atom. The maximum absolute atomic E-state index is 12.2. The van der Waals surface area contributed by atoms with Crippen molar-refractivity contribution < 1.29 is 9.59 Å². The van der Waals surface area contributed by atoms with Gasteiger partial charge in [0.25, 0.3) is 11.8 Å². The van der Waals surface area contributed by atoms with Crippen molar-refractivity contribution in [2.75, 3.05) is 19.0 Å². The normalized spacial score (nSPS) is 13.8. The molecule has 2 amide bonds. The van der Waals surface area contributed by atoms with Crippen molar-refractivity contribution in [3.8, 4) is 0 Å². The lowest BCUT2D eigenvalue weighted by Crippen LogP contribution is -2.23. The number of carbonyl (C=O) groups excluding carboxylic acids is 2. The highest BCUT2D eigenvalue weighted by Gasteiger charge is 2.35. The molecule has 2 aromatic rings. The number of hydrogen-bond acceptors (Lipinski definition) is 4. The Balaban J connectivity index is 1.82. The fourth-order valence-electron chi connectivity index (χ4n) is 2.26. The summed E-state index contributed by atoms with van der Waals surface area (Å²) >= 11 is 0. The van der Waals surface area contributed by atoms with Gasteiger partial charge in [0.05, 0.1) is 17.3 Å². The van der Waals surface area contributed by atoms with Gasteiger partial charge in [-0.05, 0) is 29.8 Å². The van der Waals surface area contributed by atoms with Crippen molar-refractivity contribution in [2.45, 2.75) is 0 Å². The minimum absolute atomic E-state index is 0.387. The average molecular weight is 293 g/mol. The summed E-state index contributed by atoms with van der Waals surface area (Å²) in [6.07, 6.45) is 1.52. The van der Waals surface area contributed by atoms with Crippen LogP contribution in [0.2, 0.25) is 0 Å². The zero-order valence-corrected chi connectivity index (χ0v) is 12.4. The Hall–Kier alpha value is -2.95. The van der Waals surface area contributed by atoms with Gasteiger partial charge in [0.15, 0.2) is 0 Å². The molecule has 3 rings (SSSR count). The smallest absolute Gasteiger partial charge is 0.282 e. The Morgan fingerprint density at radius 3 is 1.95 bits per heavy atom. The number of rotatable bonds is 3. The predicted molar refractivity (Wildman–Crippen MR) is 85.3 cm³/mol. The molecule has 1 aliphatic heterocycles. The van der Waals surface area contributed by atoms with Gasteiger partial charge in [-0.15, -0.1) is 0 Å². The summed E-state index contributed by atoms with van der Waals surface area (Å²) in [7, 11) is 3.92. The monoisotopic (exact) mass is 293 g/mol. The molecular formula is C17H15N3O2. The number of carbonyl (C=O) groups is 2. The molecule has 0 aliphatic carbocycles. The molecule has 5 heteroatoms. The third-order valence-electron chi connectivity index (χ3n) is 3.50. The first-order chi connectivity index (χ1) is 10.6. The van der Waals surface area contributed by atoms with Crippen LogP contribution in [-0.2, 0) is 0 Å². The van der Waals surface area contributed by atoms with E-state index in [-0.39, 0.29) is 11.8 Å². The predicted octanol–water partition coefficient (Wildman–Crippen LogP) is 2.38. The van der Waals surface area contributed by atoms with E-state index < -0.39 is 0 Å². The lowest BCUT2D eigenvalue weighted by Gasteiger charge is -2.11. The number of anilines is 1. The van der Waals surface area contributed by atoms with E-state index in [0.29, 0.717) is 11.1 Å². The lowest BCUT2D eigenvalue weighted by atomic mass is 10.1. The largest absolute Gasteiger partial charge is 0.378 e. The maximum Gasteiger partial charge on any atom is 0.282 e. The van der Waals surface area contributed by atoms with Gasteiger partial charge in [-0.3, -0.25) is 9.59 Å². The van der Waals surface area contributed by atoms with Crippen molar-refractivity contribution in [1.29, 1.82) is 0 Å². The summed E-state index contributed by atoms with van der Waals surface area (Å²) in [6.45, 7) is 0. The van der Waals surface area contributed by atoms with Crippen molar-refractivity contribution in [3.05, 3.63) is 65.2 Å². The minimum atomic E-state index is -0.387. The Morgan fingerprint density at radius 1 is 0.909 bits per heavy atom. The molecule has 5 nitrogen and oxygen atoms in total. The number of fused-ring (bicyclic) bond motifs is 1. The van der Waals surface area contributed by atoms with Crippen LogP contribution in [0.1, 0.15) is 26.3 Å². The van der Waals surface area contributed by atoms with Crippen LogP contribution in [0, 0.1) is 0 Å². The molecule has 0 aromatic heterocycles. The van der Waals surface area contributed by atoms with Gasteiger partial charge < -0.3 is 4.90 Å². The number of hydrogen-bond donors (Lipinski definition) is 0. The van der Waals surface area contributed by atoms with Crippen LogP contribution < -0.4 is 4.90 Å². The fraction of sp³-hybridized carbons (Fsp3) is 0.118. The van der Waals surface area contributed by atoms with E-state index in [4.69, 9.17) is 0 Å². The third kappa shape index (κ3) is 2.37. The van der Waals surface area contributed by atoms with Gasteiger partial charge >= 0.3 is 0 Å². The van der Waals surface area contributed by atoms with E-state index in [1.807, 2.05) is 43.3 Å². The van der Waals surface area contributed by atoms with E-state index >= 15 is 0 Å². The van der Waals surface area contributed by atoms with Crippen LogP contribution in [0.4, 0.5) is 5.69 Å². The molecule has 0 radical (unpaired) electrons. The number of imide groups is 1. The van der Waals surface area contributed by atoms with Crippen LogP contribution in [0.3, 0.4) is 0 Å². The van der Waals surface area contributed by atoms with Gasteiger partial charge in [0, 0.05) is 19.8 Å². The van der Waals surface area contributed by atoms with Crippen molar-refractivity contribution in [3.63, 3.8) is 0 Å². The van der Waals surface area contributed by atoms with Gasteiger partial charge in [-0.2, -0.15) is 10.1 Å². The first kappa shape index (κ1) is 14.0. The van der Waals surface area contributed by atoms with Crippen molar-refractivity contribution in [1.82, 2.24) is 5.01 Å². The van der Waals surface area contributed by atoms with Gasteiger partial charge in [0.1, 0.15) is 0 Å². The molecule has 0 saturated carbocycles. The molecule has 0 spiro atoms. The van der Waals surface area contributed by atoms with Crippen LogP contribution in [0.5, 0.6) is 0 Å². The third-order valence-corrected chi connectivity index (χ3v) is 3.50. The molecule has 0 unspecified atom stereocenters. The molecular weight excluding hydrogens is 278 g/mol. The molecule has 2 aromatic carbocycles. The maximum atomic E-state index is 12.2. The van der Waals surface area contributed by atoms with Crippen molar-refractivity contribution >= 4 is 23.7 Å². The van der Waals surface area contributed by atoms with Gasteiger partial charge in [-0.1, -0.05) is 24.3 Å². The second-order valence-corrected chi connectivity index (χ2v) is 5.20. The van der Waals surface area contributed by atoms with Crippen LogP contribution in [0.25, 0.3) is 0 Å². The van der Waals surface area contributed by atoms with Crippen LogP contribution >= 0.6 is 0 Å². The molecule has 0 atom stereocenters. The van der Waals surface area contributed by atoms with E-state index in [1.54, 1.807) is 24.3 Å². The van der Waals surface area contributed by atoms with Gasteiger partial charge in [0.2, 0.25) is 0 Å². The Kier molecular flexibility index (Phi) is 3.47.